The van der Waals surface area contributed by atoms with Gasteiger partial charge in [-0.05, 0) is 37.8 Å². The Bertz CT molecular complexity index is 549. The zero-order valence-corrected chi connectivity index (χ0v) is 13.2. The molecule has 5 heteroatoms. The molecule has 0 saturated carbocycles. The van der Waals surface area contributed by atoms with Crippen LogP contribution in [0.1, 0.15) is 37.8 Å². The molecule has 0 aliphatic carbocycles. The van der Waals surface area contributed by atoms with E-state index in [0.717, 1.165) is 18.4 Å². The van der Waals surface area contributed by atoms with Gasteiger partial charge in [0.05, 0.1) is 5.69 Å². The molecule has 0 heterocycles. The number of rotatable bonds is 5. The van der Waals surface area contributed by atoms with Gasteiger partial charge in [0.1, 0.15) is 4.90 Å². The largest absolute Gasteiger partial charge is 0.397 e. The van der Waals surface area contributed by atoms with Crippen LogP contribution in [-0.2, 0) is 10.0 Å². The lowest BCUT2D eigenvalue weighted by Crippen LogP contribution is -2.37. The summed E-state index contributed by atoms with van der Waals surface area (Å²) in [6.45, 7) is 7.59. The molecule has 0 aromatic heterocycles. The fraction of sp³-hybridized carbons (Fsp3) is 0.571. The SMILES string of the molecule is CCC(CC)N(C)S(=O)(=O)c1c(C)ccc(C)c1N. The summed E-state index contributed by atoms with van der Waals surface area (Å²) >= 11 is 0. The lowest BCUT2D eigenvalue weighted by molar-refractivity contribution is 0.349. The van der Waals surface area contributed by atoms with Crippen molar-refractivity contribution in [3.8, 4) is 0 Å². The number of hydrogen-bond donors (Lipinski definition) is 1. The molecule has 0 aliphatic rings. The van der Waals surface area contributed by atoms with Crippen LogP contribution in [0.4, 0.5) is 5.69 Å². The number of nitrogen functional groups attached to an aromatic ring is 1. The van der Waals surface area contributed by atoms with Crippen molar-refractivity contribution in [1.29, 1.82) is 0 Å². The van der Waals surface area contributed by atoms with Crippen molar-refractivity contribution < 1.29 is 8.42 Å². The summed E-state index contributed by atoms with van der Waals surface area (Å²) in [5.74, 6) is 0. The van der Waals surface area contributed by atoms with Gasteiger partial charge in [0.25, 0.3) is 0 Å². The summed E-state index contributed by atoms with van der Waals surface area (Å²) in [6.07, 6.45) is 1.58. The third kappa shape index (κ3) is 2.92. The molecule has 19 heavy (non-hydrogen) atoms. The Morgan fingerprint density at radius 1 is 1.16 bits per heavy atom. The molecular weight excluding hydrogens is 260 g/mol. The topological polar surface area (TPSA) is 63.4 Å². The van der Waals surface area contributed by atoms with Gasteiger partial charge < -0.3 is 5.73 Å². The second kappa shape index (κ2) is 5.92. The highest BCUT2D eigenvalue weighted by Gasteiger charge is 2.29. The fourth-order valence-electron chi connectivity index (χ4n) is 2.29. The van der Waals surface area contributed by atoms with Crippen LogP contribution in [0.5, 0.6) is 0 Å². The Balaban J connectivity index is 3.40. The van der Waals surface area contributed by atoms with E-state index in [0.29, 0.717) is 11.3 Å². The maximum atomic E-state index is 12.7. The molecule has 0 bridgehead atoms. The summed E-state index contributed by atoms with van der Waals surface area (Å²) in [5, 5.41) is 0. The molecule has 0 aliphatic heterocycles. The standard InChI is InChI=1S/C14H24N2O2S/c1-6-12(7-2)16(5)19(17,18)14-11(4)9-8-10(3)13(14)15/h8-9,12H,6-7,15H2,1-5H3. The van der Waals surface area contributed by atoms with Crippen LogP contribution < -0.4 is 5.73 Å². The molecule has 1 rings (SSSR count). The third-order valence-electron chi connectivity index (χ3n) is 3.70. The van der Waals surface area contributed by atoms with Gasteiger partial charge in [-0.25, -0.2) is 8.42 Å². The number of nitrogens with two attached hydrogens (primary N) is 1. The molecule has 0 amide bonds. The Morgan fingerprint density at radius 3 is 2.11 bits per heavy atom. The van der Waals surface area contributed by atoms with Gasteiger partial charge in [-0.1, -0.05) is 26.0 Å². The van der Waals surface area contributed by atoms with Crippen molar-refractivity contribution >= 4 is 15.7 Å². The van der Waals surface area contributed by atoms with Crippen LogP contribution in [0.3, 0.4) is 0 Å². The normalized spacial score (nSPS) is 12.4. The molecule has 0 fully saturated rings. The first-order valence-electron chi connectivity index (χ1n) is 6.61. The molecule has 1 aromatic carbocycles. The molecule has 0 saturated heterocycles. The van der Waals surface area contributed by atoms with Crippen LogP contribution in [0, 0.1) is 13.8 Å². The molecule has 2 N–H and O–H groups in total. The van der Waals surface area contributed by atoms with Gasteiger partial charge in [0.15, 0.2) is 0 Å². The van der Waals surface area contributed by atoms with E-state index in [1.54, 1.807) is 20.0 Å². The molecule has 4 nitrogen and oxygen atoms in total. The van der Waals surface area contributed by atoms with Crippen LogP contribution in [-0.4, -0.2) is 25.8 Å². The van der Waals surface area contributed by atoms with E-state index in [1.807, 2.05) is 26.8 Å². The van der Waals surface area contributed by atoms with E-state index < -0.39 is 10.0 Å². The summed E-state index contributed by atoms with van der Waals surface area (Å²) < 4.78 is 26.9. The molecule has 0 radical (unpaired) electrons. The Morgan fingerprint density at radius 2 is 1.63 bits per heavy atom. The van der Waals surface area contributed by atoms with Crippen molar-refractivity contribution in [3.05, 3.63) is 23.3 Å². The van der Waals surface area contributed by atoms with Gasteiger partial charge in [-0.2, -0.15) is 4.31 Å². The average molecular weight is 284 g/mol. The van der Waals surface area contributed by atoms with E-state index >= 15 is 0 Å². The van der Waals surface area contributed by atoms with Crippen molar-refractivity contribution in [2.45, 2.75) is 51.5 Å². The van der Waals surface area contributed by atoms with Gasteiger partial charge >= 0.3 is 0 Å². The number of hydrogen-bond acceptors (Lipinski definition) is 3. The molecule has 0 atom stereocenters. The predicted octanol–water partition coefficient (Wildman–Crippen LogP) is 2.69. The number of nitrogens with zero attached hydrogens (tertiary/aromatic N) is 1. The Labute approximate surface area is 116 Å². The maximum absolute atomic E-state index is 12.7. The lowest BCUT2D eigenvalue weighted by Gasteiger charge is -2.27. The summed E-state index contributed by atoms with van der Waals surface area (Å²) in [6, 6.07) is 3.66. The first-order chi connectivity index (χ1) is 8.77. The zero-order chi connectivity index (χ0) is 14.8. The van der Waals surface area contributed by atoms with Crippen molar-refractivity contribution in [2.24, 2.45) is 0 Å². The molecule has 1 aromatic rings. The van der Waals surface area contributed by atoms with Crippen molar-refractivity contribution in [1.82, 2.24) is 4.31 Å². The first kappa shape index (κ1) is 16.0. The van der Waals surface area contributed by atoms with E-state index in [4.69, 9.17) is 5.73 Å². The van der Waals surface area contributed by atoms with Crippen LogP contribution in [0.25, 0.3) is 0 Å². The lowest BCUT2D eigenvalue weighted by atomic mass is 10.1. The van der Waals surface area contributed by atoms with Gasteiger partial charge in [-0.15, -0.1) is 0 Å². The van der Waals surface area contributed by atoms with Gasteiger partial charge in [0.2, 0.25) is 10.0 Å². The number of benzene rings is 1. The average Bonchev–Trinajstić information content (AvgIpc) is 2.35. The monoisotopic (exact) mass is 284 g/mol. The van der Waals surface area contributed by atoms with Crippen LogP contribution in [0.15, 0.2) is 17.0 Å². The fourth-order valence-corrected chi connectivity index (χ4v) is 4.18. The molecule has 108 valence electrons. The second-order valence-corrected chi connectivity index (χ2v) is 6.87. The van der Waals surface area contributed by atoms with Crippen molar-refractivity contribution in [2.75, 3.05) is 12.8 Å². The van der Waals surface area contributed by atoms with E-state index in [1.165, 1.54) is 4.31 Å². The molecule has 0 unspecified atom stereocenters. The van der Waals surface area contributed by atoms with Gasteiger partial charge in [-0.3, -0.25) is 0 Å². The minimum Gasteiger partial charge on any atom is -0.397 e. The minimum absolute atomic E-state index is 0.00399. The summed E-state index contributed by atoms with van der Waals surface area (Å²) in [7, 11) is -1.90. The predicted molar refractivity (Wildman–Crippen MR) is 79.6 cm³/mol. The quantitative estimate of drug-likeness (QED) is 0.846. The first-order valence-corrected chi connectivity index (χ1v) is 8.05. The number of sulfonamides is 1. The Hall–Kier alpha value is -1.07. The van der Waals surface area contributed by atoms with E-state index in [9.17, 15) is 8.42 Å². The molecular formula is C14H24N2O2S. The minimum atomic E-state index is -3.54. The van der Waals surface area contributed by atoms with E-state index in [2.05, 4.69) is 0 Å². The smallest absolute Gasteiger partial charge is 0.245 e. The van der Waals surface area contributed by atoms with Crippen LogP contribution in [0.2, 0.25) is 0 Å². The Kier molecular flexibility index (Phi) is 4.98. The number of aryl methyl sites for hydroxylation is 2. The van der Waals surface area contributed by atoms with Gasteiger partial charge in [0, 0.05) is 13.1 Å². The molecule has 0 spiro atoms. The van der Waals surface area contributed by atoms with E-state index in [-0.39, 0.29) is 10.9 Å². The summed E-state index contributed by atoms with van der Waals surface area (Å²) in [4.78, 5) is 0.252. The highest BCUT2D eigenvalue weighted by molar-refractivity contribution is 7.89. The maximum Gasteiger partial charge on any atom is 0.245 e. The third-order valence-corrected chi connectivity index (χ3v) is 5.82. The number of anilines is 1. The second-order valence-electron chi connectivity index (χ2n) is 4.93. The summed E-state index contributed by atoms with van der Waals surface area (Å²) in [5.41, 5.74) is 7.83. The highest BCUT2D eigenvalue weighted by Crippen LogP contribution is 2.29. The zero-order valence-electron chi connectivity index (χ0n) is 12.4. The van der Waals surface area contributed by atoms with Crippen LogP contribution >= 0.6 is 0 Å². The van der Waals surface area contributed by atoms with Crippen molar-refractivity contribution in [3.63, 3.8) is 0 Å². The highest BCUT2D eigenvalue weighted by atomic mass is 32.2.